The van der Waals surface area contributed by atoms with Gasteiger partial charge in [-0.1, -0.05) is 18.1 Å². The van der Waals surface area contributed by atoms with Crippen molar-refractivity contribution in [3.63, 3.8) is 0 Å². The van der Waals surface area contributed by atoms with Crippen molar-refractivity contribution in [3.8, 4) is 11.5 Å². The van der Waals surface area contributed by atoms with Crippen molar-refractivity contribution in [2.75, 3.05) is 49.8 Å². The Morgan fingerprint density at radius 3 is 2.51 bits per heavy atom. The third-order valence-corrected chi connectivity index (χ3v) is 7.35. The number of carbonyl (C=O) groups is 3. The van der Waals surface area contributed by atoms with Gasteiger partial charge in [0.2, 0.25) is 0 Å². The van der Waals surface area contributed by atoms with E-state index < -0.39 is 24.2 Å². The normalized spacial score (nSPS) is 17.1. The predicted molar refractivity (Wildman–Crippen MR) is 161 cm³/mol. The lowest BCUT2D eigenvalue weighted by atomic mass is 9.99. The van der Waals surface area contributed by atoms with E-state index in [-0.39, 0.29) is 48.5 Å². The number of benzene rings is 2. The molecule has 5 amide bonds. The number of aryl methyl sites for hydroxylation is 2. The van der Waals surface area contributed by atoms with Crippen molar-refractivity contribution in [3.05, 3.63) is 59.5 Å². The molecule has 43 heavy (non-hydrogen) atoms. The number of ether oxygens (including phenoxy) is 2. The van der Waals surface area contributed by atoms with E-state index in [4.69, 9.17) is 14.0 Å². The number of aliphatic hydroxyl groups is 1. The molecule has 2 heterocycles. The highest BCUT2D eigenvalue weighted by atomic mass is 16.5. The first-order chi connectivity index (χ1) is 20.5. The molecular formula is C30H38N6O7. The molecule has 4 rings (SSSR count). The SMILES string of the molecule is COc1ccc(NC(=O)Nc2cccc3c2O[C@H](CN(C)C(=O)Nc2c(C)noc2C)[C@@H](C)CN([C@@H](C)CO)C3=O)cc1. The molecule has 4 N–H and O–H groups in total. The molecule has 0 saturated heterocycles. The number of nitrogens with zero attached hydrogens (tertiary/aromatic N) is 3. The van der Waals surface area contributed by atoms with Gasteiger partial charge in [-0.25, -0.2) is 9.59 Å². The highest BCUT2D eigenvalue weighted by Crippen LogP contribution is 2.35. The first kappa shape index (κ1) is 31.2. The predicted octanol–water partition coefficient (Wildman–Crippen LogP) is 4.33. The first-order valence-electron chi connectivity index (χ1n) is 13.9. The molecule has 230 valence electrons. The van der Waals surface area contributed by atoms with Gasteiger partial charge in [0.15, 0.2) is 11.5 Å². The summed E-state index contributed by atoms with van der Waals surface area (Å²) >= 11 is 0. The number of hydrogen-bond donors (Lipinski definition) is 4. The number of anilines is 3. The molecule has 13 nitrogen and oxygen atoms in total. The van der Waals surface area contributed by atoms with Gasteiger partial charge >= 0.3 is 12.1 Å². The van der Waals surface area contributed by atoms with Gasteiger partial charge in [0.1, 0.15) is 23.2 Å². The van der Waals surface area contributed by atoms with E-state index in [1.807, 2.05) is 6.92 Å². The summed E-state index contributed by atoms with van der Waals surface area (Å²) in [5.74, 6) is 0.699. The Bertz CT molecular complexity index is 1440. The van der Waals surface area contributed by atoms with E-state index in [2.05, 4.69) is 21.1 Å². The quantitative estimate of drug-likeness (QED) is 0.300. The summed E-state index contributed by atoms with van der Waals surface area (Å²) < 4.78 is 16.8. The number of urea groups is 2. The van der Waals surface area contributed by atoms with Gasteiger partial charge < -0.3 is 44.9 Å². The molecule has 0 spiro atoms. The Labute approximate surface area is 250 Å². The average Bonchev–Trinajstić information content (AvgIpc) is 3.31. The fraction of sp³-hybridized carbons (Fsp3) is 0.400. The molecule has 0 radical (unpaired) electrons. The van der Waals surface area contributed by atoms with Gasteiger partial charge in [-0.3, -0.25) is 4.79 Å². The van der Waals surface area contributed by atoms with Crippen LogP contribution in [0.1, 0.15) is 35.7 Å². The van der Waals surface area contributed by atoms with Crippen LogP contribution < -0.4 is 25.4 Å². The molecule has 3 aromatic rings. The van der Waals surface area contributed by atoms with Crippen LogP contribution in [0, 0.1) is 19.8 Å². The minimum Gasteiger partial charge on any atom is -0.497 e. The number of methoxy groups -OCH3 is 1. The largest absolute Gasteiger partial charge is 0.497 e. The maximum Gasteiger partial charge on any atom is 0.323 e. The standard InChI is InChI=1S/C30H38N6O7/c1-17-14-36(18(2)16-37)28(38)23-8-7-9-24(32-29(39)31-21-10-12-22(41-6)13-11-21)27(23)42-25(17)15-35(5)30(40)33-26-19(3)34-43-20(26)4/h7-13,17-18,25,37H,14-16H2,1-6H3,(H,33,40)(H2,31,32,39)/t17-,18-,25+/m0/s1. The number of likely N-dealkylation sites (N-methyl/N-ethyl adjacent to an activating group) is 1. The second-order valence-corrected chi connectivity index (χ2v) is 10.6. The van der Waals surface area contributed by atoms with Crippen LogP contribution in [0.25, 0.3) is 0 Å². The molecule has 0 aliphatic carbocycles. The average molecular weight is 595 g/mol. The van der Waals surface area contributed by atoms with Gasteiger partial charge in [0.05, 0.1) is 37.6 Å². The summed E-state index contributed by atoms with van der Waals surface area (Å²) in [5.41, 5.74) is 2.09. The van der Waals surface area contributed by atoms with Crippen LogP contribution in [-0.4, -0.2) is 84.0 Å². The molecular weight excluding hydrogens is 556 g/mol. The van der Waals surface area contributed by atoms with E-state index in [1.54, 1.807) is 82.3 Å². The maximum atomic E-state index is 13.7. The molecule has 1 aliphatic heterocycles. The van der Waals surface area contributed by atoms with E-state index >= 15 is 0 Å². The zero-order valence-electron chi connectivity index (χ0n) is 25.1. The number of hydrogen-bond acceptors (Lipinski definition) is 8. The third-order valence-electron chi connectivity index (χ3n) is 7.35. The van der Waals surface area contributed by atoms with Crippen LogP contribution in [0.5, 0.6) is 11.5 Å². The Balaban J connectivity index is 1.61. The second kappa shape index (κ2) is 13.5. The number of para-hydroxylation sites is 1. The summed E-state index contributed by atoms with van der Waals surface area (Å²) in [4.78, 5) is 42.9. The van der Waals surface area contributed by atoms with Crippen LogP contribution in [0.3, 0.4) is 0 Å². The minimum absolute atomic E-state index is 0.151. The third kappa shape index (κ3) is 7.17. The van der Waals surface area contributed by atoms with Gasteiger partial charge in [0, 0.05) is 25.2 Å². The lowest BCUT2D eigenvalue weighted by Gasteiger charge is -2.38. The number of aliphatic hydroxyl groups excluding tert-OH is 1. The van der Waals surface area contributed by atoms with Crippen molar-refractivity contribution in [1.82, 2.24) is 15.0 Å². The van der Waals surface area contributed by atoms with E-state index in [0.717, 1.165) is 0 Å². The summed E-state index contributed by atoms with van der Waals surface area (Å²) in [7, 11) is 3.19. The molecule has 0 saturated carbocycles. The highest BCUT2D eigenvalue weighted by Gasteiger charge is 2.35. The van der Waals surface area contributed by atoms with Crippen LogP contribution in [0.2, 0.25) is 0 Å². The van der Waals surface area contributed by atoms with Gasteiger partial charge in [-0.05, 0) is 57.2 Å². The van der Waals surface area contributed by atoms with Crippen molar-refractivity contribution >= 4 is 35.0 Å². The Morgan fingerprint density at radius 2 is 1.88 bits per heavy atom. The summed E-state index contributed by atoms with van der Waals surface area (Å²) in [6, 6.07) is 10.3. The number of nitrogens with one attached hydrogen (secondary N) is 3. The zero-order chi connectivity index (χ0) is 31.3. The van der Waals surface area contributed by atoms with Crippen molar-refractivity contribution in [2.24, 2.45) is 5.92 Å². The van der Waals surface area contributed by atoms with Gasteiger partial charge in [0.25, 0.3) is 5.91 Å². The number of aromatic nitrogens is 1. The molecule has 0 bridgehead atoms. The summed E-state index contributed by atoms with van der Waals surface area (Å²) in [5, 5.41) is 22.2. The topological polar surface area (TPSA) is 158 Å². The Kier molecular flexibility index (Phi) is 9.76. The van der Waals surface area contributed by atoms with Crippen LogP contribution >= 0.6 is 0 Å². The molecule has 0 fully saturated rings. The molecule has 13 heteroatoms. The van der Waals surface area contributed by atoms with E-state index in [0.29, 0.717) is 28.6 Å². The lowest BCUT2D eigenvalue weighted by molar-refractivity contribution is 0.0373. The number of carbonyl (C=O) groups excluding carboxylic acids is 3. The van der Waals surface area contributed by atoms with E-state index in [1.165, 1.54) is 4.90 Å². The van der Waals surface area contributed by atoms with Crippen molar-refractivity contribution < 1.29 is 33.5 Å². The van der Waals surface area contributed by atoms with Crippen LogP contribution in [0.15, 0.2) is 47.0 Å². The summed E-state index contributed by atoms with van der Waals surface area (Å²) in [6.45, 7) is 7.30. The van der Waals surface area contributed by atoms with Crippen molar-refractivity contribution in [1.29, 1.82) is 0 Å². The molecule has 1 aliphatic rings. The van der Waals surface area contributed by atoms with Crippen LogP contribution in [-0.2, 0) is 0 Å². The maximum absolute atomic E-state index is 13.7. The first-order valence-corrected chi connectivity index (χ1v) is 13.9. The minimum atomic E-state index is -0.590. The fourth-order valence-corrected chi connectivity index (χ4v) is 4.74. The second-order valence-electron chi connectivity index (χ2n) is 10.6. The molecule has 1 aromatic heterocycles. The smallest absolute Gasteiger partial charge is 0.323 e. The molecule has 0 unspecified atom stereocenters. The lowest BCUT2D eigenvalue weighted by Crippen LogP contribution is -2.50. The molecule has 2 aromatic carbocycles. The molecule has 3 atom stereocenters. The Hall–Kier alpha value is -4.78. The Morgan fingerprint density at radius 1 is 1.16 bits per heavy atom. The number of rotatable bonds is 8. The summed E-state index contributed by atoms with van der Waals surface area (Å²) in [6.07, 6.45) is -0.590. The number of amides is 5. The van der Waals surface area contributed by atoms with Crippen molar-refractivity contribution in [2.45, 2.75) is 39.8 Å². The highest BCUT2D eigenvalue weighted by molar-refractivity contribution is 6.04. The fourth-order valence-electron chi connectivity index (χ4n) is 4.74. The van der Waals surface area contributed by atoms with E-state index in [9.17, 15) is 19.5 Å². The van der Waals surface area contributed by atoms with Gasteiger partial charge in [-0.15, -0.1) is 0 Å². The number of fused-ring (bicyclic) bond motifs is 1. The van der Waals surface area contributed by atoms with Gasteiger partial charge in [-0.2, -0.15) is 0 Å². The zero-order valence-corrected chi connectivity index (χ0v) is 25.1. The van der Waals surface area contributed by atoms with Crippen LogP contribution in [0.4, 0.5) is 26.7 Å². The monoisotopic (exact) mass is 594 g/mol.